The molecule has 1 aromatic carbocycles. The summed E-state index contributed by atoms with van der Waals surface area (Å²) in [7, 11) is 0. The van der Waals surface area contributed by atoms with Gasteiger partial charge in [-0.25, -0.2) is 15.2 Å². The number of ether oxygens (including phenoxy) is 1. The van der Waals surface area contributed by atoms with Crippen molar-refractivity contribution >= 4 is 11.7 Å². The van der Waals surface area contributed by atoms with Crippen LogP contribution in [0.3, 0.4) is 0 Å². The number of benzene rings is 1. The van der Waals surface area contributed by atoms with E-state index in [-0.39, 0.29) is 6.04 Å². The van der Waals surface area contributed by atoms with Gasteiger partial charge in [0.2, 0.25) is 0 Å². The molecule has 2 aliphatic rings. The van der Waals surface area contributed by atoms with E-state index in [2.05, 4.69) is 10.4 Å². The largest absolute Gasteiger partial charge is 0.461 e. The molecule has 2 aliphatic heterocycles. The number of carbonyl (C=O) groups is 1. The van der Waals surface area contributed by atoms with Crippen LogP contribution in [0, 0.1) is 0 Å². The standard InChI is InChI=1S/C15H15N3O2/c1-2-20-15(19)12-8-9-18-14(16-12)10-13(17-18)11-6-4-3-5-7-11/h3-10,13,17H,2H2,1H3. The van der Waals surface area contributed by atoms with Crippen molar-refractivity contribution in [2.24, 2.45) is 4.99 Å². The molecule has 0 spiro atoms. The maximum atomic E-state index is 11.7. The van der Waals surface area contributed by atoms with Crippen LogP contribution >= 0.6 is 0 Å². The van der Waals surface area contributed by atoms with Gasteiger partial charge in [0.05, 0.1) is 12.6 Å². The van der Waals surface area contributed by atoms with E-state index in [0.717, 1.165) is 5.56 Å². The van der Waals surface area contributed by atoms with Crippen LogP contribution in [0.1, 0.15) is 18.5 Å². The second-order valence-electron chi connectivity index (χ2n) is 4.45. The predicted octanol–water partition coefficient (Wildman–Crippen LogP) is 1.92. The van der Waals surface area contributed by atoms with Gasteiger partial charge in [-0.3, -0.25) is 5.01 Å². The first-order valence-corrected chi connectivity index (χ1v) is 6.54. The predicted molar refractivity (Wildman–Crippen MR) is 75.4 cm³/mol. The molecule has 0 saturated heterocycles. The van der Waals surface area contributed by atoms with Gasteiger partial charge in [-0.15, -0.1) is 0 Å². The lowest BCUT2D eigenvalue weighted by atomic mass is 10.1. The number of esters is 1. The van der Waals surface area contributed by atoms with Crippen LogP contribution in [0.4, 0.5) is 0 Å². The highest BCUT2D eigenvalue weighted by Gasteiger charge is 2.26. The van der Waals surface area contributed by atoms with Gasteiger partial charge in [0, 0.05) is 6.20 Å². The number of hydrogen-bond donors (Lipinski definition) is 1. The van der Waals surface area contributed by atoms with E-state index in [4.69, 9.17) is 4.74 Å². The van der Waals surface area contributed by atoms with Crippen LogP contribution in [0.15, 0.2) is 59.5 Å². The Bertz CT molecular complexity index is 605. The van der Waals surface area contributed by atoms with Crippen molar-refractivity contribution in [3.63, 3.8) is 0 Å². The Morgan fingerprint density at radius 1 is 1.40 bits per heavy atom. The summed E-state index contributed by atoms with van der Waals surface area (Å²) < 4.78 is 4.95. The van der Waals surface area contributed by atoms with E-state index in [1.807, 2.05) is 36.4 Å². The fourth-order valence-electron chi connectivity index (χ4n) is 2.15. The average molecular weight is 269 g/mol. The number of fused-ring (bicyclic) bond motifs is 1. The average Bonchev–Trinajstić information content (AvgIpc) is 2.91. The van der Waals surface area contributed by atoms with Crippen molar-refractivity contribution in [2.75, 3.05) is 6.61 Å². The van der Waals surface area contributed by atoms with Gasteiger partial charge in [0.15, 0.2) is 5.71 Å². The molecule has 5 nitrogen and oxygen atoms in total. The molecule has 20 heavy (non-hydrogen) atoms. The molecule has 0 aliphatic carbocycles. The maximum absolute atomic E-state index is 11.7. The lowest BCUT2D eigenvalue weighted by molar-refractivity contribution is -0.134. The van der Waals surface area contributed by atoms with Gasteiger partial charge in [-0.1, -0.05) is 30.3 Å². The van der Waals surface area contributed by atoms with Crippen LogP contribution in [0.25, 0.3) is 0 Å². The van der Waals surface area contributed by atoms with E-state index in [0.29, 0.717) is 18.1 Å². The van der Waals surface area contributed by atoms with Crippen LogP contribution in [0.5, 0.6) is 0 Å². The van der Waals surface area contributed by atoms with E-state index < -0.39 is 5.97 Å². The van der Waals surface area contributed by atoms with E-state index >= 15 is 0 Å². The number of carbonyl (C=O) groups excluding carboxylic acids is 1. The van der Waals surface area contributed by atoms with Gasteiger partial charge >= 0.3 is 5.97 Å². The normalized spacial score (nSPS) is 20.2. The molecular formula is C15H15N3O2. The van der Waals surface area contributed by atoms with Crippen molar-refractivity contribution in [2.45, 2.75) is 13.0 Å². The molecule has 2 heterocycles. The topological polar surface area (TPSA) is 53.9 Å². The molecule has 1 N–H and O–H groups in total. The molecule has 1 atom stereocenters. The summed E-state index contributed by atoms with van der Waals surface area (Å²) >= 11 is 0. The van der Waals surface area contributed by atoms with E-state index in [9.17, 15) is 4.79 Å². The highest BCUT2D eigenvalue weighted by molar-refractivity contribution is 6.41. The molecule has 0 fully saturated rings. The maximum Gasteiger partial charge on any atom is 0.357 e. The first-order valence-electron chi connectivity index (χ1n) is 6.54. The summed E-state index contributed by atoms with van der Waals surface area (Å²) in [5.74, 6) is 0.317. The monoisotopic (exact) mass is 269 g/mol. The highest BCUT2D eigenvalue weighted by Crippen LogP contribution is 2.26. The summed E-state index contributed by atoms with van der Waals surface area (Å²) in [6, 6.07) is 10.1. The first kappa shape index (κ1) is 12.6. The summed E-state index contributed by atoms with van der Waals surface area (Å²) in [5.41, 5.74) is 4.77. The smallest absolute Gasteiger partial charge is 0.357 e. The van der Waals surface area contributed by atoms with Crippen molar-refractivity contribution in [3.8, 4) is 0 Å². The summed E-state index contributed by atoms with van der Waals surface area (Å²) in [5, 5.41) is 1.81. The van der Waals surface area contributed by atoms with Crippen molar-refractivity contribution in [3.05, 3.63) is 60.1 Å². The number of nitrogens with zero attached hydrogens (tertiary/aromatic N) is 2. The SMILES string of the molecule is CCOC(=O)C1=NC2=CC(c3ccccc3)NN2C=C1. The van der Waals surface area contributed by atoms with Crippen molar-refractivity contribution < 1.29 is 9.53 Å². The molecule has 5 heteroatoms. The quantitative estimate of drug-likeness (QED) is 0.852. The number of nitrogens with one attached hydrogen (secondary N) is 1. The van der Waals surface area contributed by atoms with Crippen molar-refractivity contribution in [1.29, 1.82) is 0 Å². The molecule has 0 saturated carbocycles. The highest BCUT2D eigenvalue weighted by atomic mass is 16.5. The second kappa shape index (κ2) is 5.30. The molecule has 1 unspecified atom stereocenters. The molecule has 0 amide bonds. The van der Waals surface area contributed by atoms with E-state index in [1.54, 1.807) is 24.2 Å². The summed E-state index contributed by atoms with van der Waals surface area (Å²) in [6.45, 7) is 2.12. The lowest BCUT2D eigenvalue weighted by Crippen LogP contribution is -2.31. The molecule has 3 rings (SSSR count). The number of hydrazine groups is 1. The van der Waals surface area contributed by atoms with Crippen LogP contribution < -0.4 is 5.43 Å². The third-order valence-corrected chi connectivity index (χ3v) is 3.10. The Morgan fingerprint density at radius 3 is 2.95 bits per heavy atom. The Balaban J connectivity index is 1.82. The van der Waals surface area contributed by atoms with Gasteiger partial charge in [0.25, 0.3) is 0 Å². The second-order valence-corrected chi connectivity index (χ2v) is 4.45. The van der Waals surface area contributed by atoms with Crippen LogP contribution in [-0.4, -0.2) is 23.3 Å². The molecule has 0 aromatic heterocycles. The zero-order chi connectivity index (χ0) is 13.9. The molecule has 1 aromatic rings. The van der Waals surface area contributed by atoms with E-state index in [1.165, 1.54) is 0 Å². The Hall–Kier alpha value is -2.40. The zero-order valence-electron chi connectivity index (χ0n) is 11.1. The molecular weight excluding hydrogens is 254 g/mol. The Kier molecular flexibility index (Phi) is 3.35. The first-order chi connectivity index (χ1) is 9.78. The van der Waals surface area contributed by atoms with Crippen LogP contribution in [0.2, 0.25) is 0 Å². The number of aliphatic imine (C=N–C) groups is 1. The number of rotatable bonds is 3. The fraction of sp³-hybridized carbons (Fsp3) is 0.200. The summed E-state index contributed by atoms with van der Waals surface area (Å²) in [4.78, 5) is 16.0. The fourth-order valence-corrected chi connectivity index (χ4v) is 2.15. The van der Waals surface area contributed by atoms with Crippen molar-refractivity contribution in [1.82, 2.24) is 10.4 Å². The molecule has 102 valence electrons. The summed E-state index contributed by atoms with van der Waals surface area (Å²) in [6.07, 6.45) is 5.42. The Morgan fingerprint density at radius 2 is 2.20 bits per heavy atom. The third kappa shape index (κ3) is 2.35. The zero-order valence-corrected chi connectivity index (χ0v) is 11.1. The lowest BCUT2D eigenvalue weighted by Gasteiger charge is -2.20. The Labute approximate surface area is 117 Å². The van der Waals surface area contributed by atoms with Gasteiger partial charge in [-0.2, -0.15) is 0 Å². The van der Waals surface area contributed by atoms with Crippen LogP contribution in [-0.2, 0) is 9.53 Å². The van der Waals surface area contributed by atoms with Gasteiger partial charge in [0.1, 0.15) is 5.82 Å². The molecule has 0 radical (unpaired) electrons. The number of hydrogen-bond acceptors (Lipinski definition) is 5. The minimum Gasteiger partial charge on any atom is -0.461 e. The van der Waals surface area contributed by atoms with Gasteiger partial charge < -0.3 is 4.74 Å². The minimum atomic E-state index is -0.396. The minimum absolute atomic E-state index is 0.0566. The van der Waals surface area contributed by atoms with Gasteiger partial charge in [-0.05, 0) is 24.6 Å². The molecule has 0 bridgehead atoms. The third-order valence-electron chi connectivity index (χ3n) is 3.10.